The molecule has 0 aromatic heterocycles. The Labute approximate surface area is 127 Å². The van der Waals surface area contributed by atoms with E-state index in [1.165, 1.54) is 11.3 Å². The molecule has 2 heterocycles. The lowest BCUT2D eigenvalue weighted by Gasteiger charge is -2.31. The number of aliphatic hydroxyl groups excluding tert-OH is 1. The highest BCUT2D eigenvalue weighted by atomic mass is 16.5. The van der Waals surface area contributed by atoms with Gasteiger partial charge in [-0.05, 0) is 49.9 Å². The Hall–Kier alpha value is -1.10. The van der Waals surface area contributed by atoms with Crippen molar-refractivity contribution in [3.63, 3.8) is 0 Å². The number of nitrogens with zero attached hydrogens (tertiary/aromatic N) is 1. The fourth-order valence-electron chi connectivity index (χ4n) is 3.24. The van der Waals surface area contributed by atoms with Crippen molar-refractivity contribution < 1.29 is 9.84 Å². The van der Waals surface area contributed by atoms with E-state index in [-0.39, 0.29) is 0 Å². The summed E-state index contributed by atoms with van der Waals surface area (Å²) in [4.78, 5) is 2.50. The lowest BCUT2D eigenvalue weighted by Crippen LogP contribution is -2.34. The van der Waals surface area contributed by atoms with E-state index in [0.29, 0.717) is 18.6 Å². The molecule has 1 atom stereocenters. The molecule has 1 unspecified atom stereocenters. The number of likely N-dealkylation sites (tertiary alicyclic amines) is 1. The van der Waals surface area contributed by atoms with Crippen molar-refractivity contribution in [1.29, 1.82) is 0 Å². The van der Waals surface area contributed by atoms with Crippen LogP contribution in [0.2, 0.25) is 0 Å². The minimum absolute atomic E-state index is 0.341. The molecule has 0 saturated carbocycles. The third-order valence-electron chi connectivity index (χ3n) is 4.67. The van der Waals surface area contributed by atoms with Crippen LogP contribution in [0.15, 0.2) is 24.3 Å². The van der Waals surface area contributed by atoms with E-state index >= 15 is 0 Å². The second-order valence-electron chi connectivity index (χ2n) is 6.26. The maximum absolute atomic E-state index is 9.23. The predicted octanol–water partition coefficient (Wildman–Crippen LogP) is 2.09. The number of hydrogen-bond acceptors (Lipinski definition) is 4. The number of piperidine rings is 1. The Kier molecular flexibility index (Phi) is 5.12. The first-order valence-electron chi connectivity index (χ1n) is 8.10. The number of aliphatic hydroxyl groups is 1. The van der Waals surface area contributed by atoms with Gasteiger partial charge in [0.05, 0.1) is 12.6 Å². The SMILES string of the molecule is OCC1CCN(Cc2ccccc2NC2CCOC2)CC1. The second-order valence-corrected chi connectivity index (χ2v) is 6.26. The first-order chi connectivity index (χ1) is 10.3. The van der Waals surface area contributed by atoms with Crippen molar-refractivity contribution in [1.82, 2.24) is 4.90 Å². The lowest BCUT2D eigenvalue weighted by molar-refractivity contribution is 0.127. The Morgan fingerprint density at radius 1 is 1.19 bits per heavy atom. The van der Waals surface area contributed by atoms with Crippen LogP contribution in [-0.4, -0.2) is 49.0 Å². The van der Waals surface area contributed by atoms with Gasteiger partial charge in [-0.3, -0.25) is 4.90 Å². The van der Waals surface area contributed by atoms with Crippen molar-refractivity contribution in [2.45, 2.75) is 31.8 Å². The standard InChI is InChI=1S/C17H26N2O2/c20-12-14-5-8-19(9-6-14)11-15-3-1-2-4-17(15)18-16-7-10-21-13-16/h1-4,14,16,18,20H,5-13H2. The third-order valence-corrected chi connectivity index (χ3v) is 4.67. The van der Waals surface area contributed by atoms with Crippen LogP contribution in [0.5, 0.6) is 0 Å². The molecule has 1 aromatic rings. The van der Waals surface area contributed by atoms with Gasteiger partial charge in [0.25, 0.3) is 0 Å². The summed E-state index contributed by atoms with van der Waals surface area (Å²) in [5, 5.41) is 12.9. The Morgan fingerprint density at radius 3 is 2.71 bits per heavy atom. The molecule has 116 valence electrons. The van der Waals surface area contributed by atoms with Crippen LogP contribution in [0.4, 0.5) is 5.69 Å². The van der Waals surface area contributed by atoms with Crippen LogP contribution in [0.25, 0.3) is 0 Å². The molecular weight excluding hydrogens is 264 g/mol. The lowest BCUT2D eigenvalue weighted by atomic mass is 9.97. The number of hydrogen-bond donors (Lipinski definition) is 2. The average Bonchev–Trinajstić information content (AvgIpc) is 3.03. The molecule has 4 nitrogen and oxygen atoms in total. The van der Waals surface area contributed by atoms with Crippen LogP contribution in [0.1, 0.15) is 24.8 Å². The predicted molar refractivity (Wildman–Crippen MR) is 84.4 cm³/mol. The van der Waals surface area contributed by atoms with Crippen molar-refractivity contribution in [2.24, 2.45) is 5.92 Å². The van der Waals surface area contributed by atoms with Gasteiger partial charge in [-0.15, -0.1) is 0 Å². The topological polar surface area (TPSA) is 44.7 Å². The van der Waals surface area contributed by atoms with E-state index in [1.807, 2.05) is 0 Å². The van der Waals surface area contributed by atoms with E-state index < -0.39 is 0 Å². The molecule has 2 aliphatic heterocycles. The van der Waals surface area contributed by atoms with E-state index in [0.717, 1.165) is 52.1 Å². The number of benzene rings is 1. The smallest absolute Gasteiger partial charge is 0.0668 e. The summed E-state index contributed by atoms with van der Waals surface area (Å²) < 4.78 is 5.45. The molecule has 0 radical (unpaired) electrons. The van der Waals surface area contributed by atoms with Gasteiger partial charge in [0.1, 0.15) is 0 Å². The van der Waals surface area contributed by atoms with Crippen LogP contribution in [0.3, 0.4) is 0 Å². The van der Waals surface area contributed by atoms with Gasteiger partial charge in [-0.2, -0.15) is 0 Å². The van der Waals surface area contributed by atoms with Gasteiger partial charge in [-0.25, -0.2) is 0 Å². The van der Waals surface area contributed by atoms with Crippen molar-refractivity contribution >= 4 is 5.69 Å². The summed E-state index contributed by atoms with van der Waals surface area (Å²) in [5.74, 6) is 0.505. The van der Waals surface area contributed by atoms with Crippen LogP contribution < -0.4 is 5.32 Å². The molecule has 2 aliphatic rings. The van der Waals surface area contributed by atoms with Gasteiger partial charge >= 0.3 is 0 Å². The molecule has 0 amide bonds. The number of anilines is 1. The average molecular weight is 290 g/mol. The van der Waals surface area contributed by atoms with E-state index in [4.69, 9.17) is 4.74 Å². The molecule has 2 N–H and O–H groups in total. The molecular formula is C17H26N2O2. The molecule has 1 aromatic carbocycles. The van der Waals surface area contributed by atoms with Crippen LogP contribution in [-0.2, 0) is 11.3 Å². The Morgan fingerprint density at radius 2 is 2.00 bits per heavy atom. The molecule has 21 heavy (non-hydrogen) atoms. The van der Waals surface area contributed by atoms with Crippen molar-refractivity contribution in [3.05, 3.63) is 29.8 Å². The maximum Gasteiger partial charge on any atom is 0.0668 e. The maximum atomic E-state index is 9.23. The molecule has 3 rings (SSSR count). The molecule has 0 spiro atoms. The fourth-order valence-corrected chi connectivity index (χ4v) is 3.24. The quantitative estimate of drug-likeness (QED) is 0.871. The zero-order valence-electron chi connectivity index (χ0n) is 12.6. The van der Waals surface area contributed by atoms with Crippen molar-refractivity contribution in [3.8, 4) is 0 Å². The first-order valence-corrected chi connectivity index (χ1v) is 8.10. The van der Waals surface area contributed by atoms with E-state index in [9.17, 15) is 5.11 Å². The molecule has 2 saturated heterocycles. The number of para-hydroxylation sites is 1. The molecule has 0 aliphatic carbocycles. The zero-order valence-corrected chi connectivity index (χ0v) is 12.6. The molecule has 2 fully saturated rings. The summed E-state index contributed by atoms with van der Waals surface area (Å²) in [7, 11) is 0. The molecule has 0 bridgehead atoms. The Bertz CT molecular complexity index is 438. The summed E-state index contributed by atoms with van der Waals surface area (Å²) in [6.45, 7) is 5.20. The van der Waals surface area contributed by atoms with Gasteiger partial charge in [0, 0.05) is 25.4 Å². The van der Waals surface area contributed by atoms with Crippen LogP contribution in [0, 0.1) is 5.92 Å². The second kappa shape index (κ2) is 7.25. The van der Waals surface area contributed by atoms with Gasteiger partial charge in [-0.1, -0.05) is 18.2 Å². The van der Waals surface area contributed by atoms with E-state index in [2.05, 4.69) is 34.5 Å². The minimum atomic E-state index is 0.341. The third kappa shape index (κ3) is 3.96. The normalized spacial score (nSPS) is 24.3. The first kappa shape index (κ1) is 14.8. The van der Waals surface area contributed by atoms with Gasteiger partial charge < -0.3 is 15.2 Å². The highest BCUT2D eigenvalue weighted by Crippen LogP contribution is 2.23. The fraction of sp³-hybridized carbons (Fsp3) is 0.647. The summed E-state index contributed by atoms with van der Waals surface area (Å²) in [6, 6.07) is 9.06. The molecule has 4 heteroatoms. The number of ether oxygens (including phenoxy) is 1. The number of nitrogens with one attached hydrogen (secondary N) is 1. The number of rotatable bonds is 5. The highest BCUT2D eigenvalue weighted by Gasteiger charge is 2.20. The zero-order chi connectivity index (χ0) is 14.5. The van der Waals surface area contributed by atoms with Gasteiger partial charge in [0.2, 0.25) is 0 Å². The summed E-state index contributed by atoms with van der Waals surface area (Å²) in [5.41, 5.74) is 2.61. The summed E-state index contributed by atoms with van der Waals surface area (Å²) in [6.07, 6.45) is 3.32. The summed E-state index contributed by atoms with van der Waals surface area (Å²) >= 11 is 0. The largest absolute Gasteiger partial charge is 0.396 e. The minimum Gasteiger partial charge on any atom is -0.396 e. The Balaban J connectivity index is 1.59. The van der Waals surface area contributed by atoms with Gasteiger partial charge in [0.15, 0.2) is 0 Å². The van der Waals surface area contributed by atoms with Crippen molar-refractivity contribution in [2.75, 3.05) is 38.2 Å². The highest BCUT2D eigenvalue weighted by molar-refractivity contribution is 5.51. The van der Waals surface area contributed by atoms with E-state index in [1.54, 1.807) is 0 Å². The van der Waals surface area contributed by atoms with Crippen LogP contribution >= 0.6 is 0 Å². The monoisotopic (exact) mass is 290 g/mol.